The zero-order chi connectivity index (χ0) is 22.5. The molecule has 5 rings (SSSR count). The van der Waals surface area contributed by atoms with Gasteiger partial charge in [-0.2, -0.15) is 0 Å². The van der Waals surface area contributed by atoms with Gasteiger partial charge in [0, 0.05) is 22.5 Å². The van der Waals surface area contributed by atoms with Crippen LogP contribution in [0.4, 0.5) is 0 Å². The Kier molecular flexibility index (Phi) is 5.36. The molecule has 2 saturated carbocycles. The van der Waals surface area contributed by atoms with Crippen molar-refractivity contribution in [3.05, 3.63) is 58.7 Å². The van der Waals surface area contributed by atoms with Crippen molar-refractivity contribution >= 4 is 11.6 Å². The number of hydrogen-bond acceptors (Lipinski definition) is 3. The van der Waals surface area contributed by atoms with Crippen LogP contribution in [0.25, 0.3) is 11.1 Å². The molecule has 0 bridgehead atoms. The minimum Gasteiger partial charge on any atom is -0.382 e. The molecule has 2 aromatic carbocycles. The molecule has 0 unspecified atom stereocenters. The number of aliphatic hydroxyl groups is 1. The molecule has 0 aromatic heterocycles. The lowest BCUT2D eigenvalue weighted by atomic mass is 9.77. The van der Waals surface area contributed by atoms with E-state index in [1.807, 2.05) is 24.3 Å². The van der Waals surface area contributed by atoms with Gasteiger partial charge in [-0.15, -0.1) is 0 Å². The number of ketones is 2. The van der Waals surface area contributed by atoms with Crippen molar-refractivity contribution in [3.63, 3.8) is 0 Å². The van der Waals surface area contributed by atoms with Crippen LogP contribution in [0.3, 0.4) is 0 Å². The van der Waals surface area contributed by atoms with Crippen LogP contribution in [0.5, 0.6) is 0 Å². The highest BCUT2D eigenvalue weighted by Crippen LogP contribution is 2.49. The number of benzene rings is 2. The molecule has 0 heterocycles. The average molecular weight is 431 g/mol. The van der Waals surface area contributed by atoms with Crippen molar-refractivity contribution in [1.29, 1.82) is 0 Å². The van der Waals surface area contributed by atoms with Crippen molar-refractivity contribution in [1.82, 2.24) is 0 Å². The molecule has 0 amide bonds. The summed E-state index contributed by atoms with van der Waals surface area (Å²) in [6.07, 6.45) is 9.57. The molecule has 3 heteroatoms. The number of rotatable bonds is 4. The van der Waals surface area contributed by atoms with Crippen LogP contribution in [-0.2, 0) is 5.41 Å². The Morgan fingerprint density at radius 1 is 0.781 bits per heavy atom. The summed E-state index contributed by atoms with van der Waals surface area (Å²) in [7, 11) is 0. The van der Waals surface area contributed by atoms with Crippen molar-refractivity contribution in [2.24, 2.45) is 5.92 Å². The lowest BCUT2D eigenvalue weighted by Gasteiger charge is -2.31. The van der Waals surface area contributed by atoms with Gasteiger partial charge in [0.25, 0.3) is 0 Å². The van der Waals surface area contributed by atoms with Crippen molar-refractivity contribution in [3.8, 4) is 11.1 Å². The van der Waals surface area contributed by atoms with Crippen LogP contribution in [0.1, 0.15) is 110 Å². The molecular weight excluding hydrogens is 396 g/mol. The summed E-state index contributed by atoms with van der Waals surface area (Å²) in [5, 5.41) is 11.0. The fourth-order valence-corrected chi connectivity index (χ4v) is 6.26. The van der Waals surface area contributed by atoms with Gasteiger partial charge in [0.2, 0.25) is 0 Å². The number of carbonyl (C=O) groups is 2. The number of fused-ring (bicyclic) bond motifs is 3. The Hall–Kier alpha value is -2.26. The largest absolute Gasteiger partial charge is 0.382 e. The smallest absolute Gasteiger partial charge is 0.194 e. The van der Waals surface area contributed by atoms with Gasteiger partial charge in [0.05, 0.1) is 0 Å². The zero-order valence-electron chi connectivity index (χ0n) is 19.4. The molecule has 3 nitrogen and oxygen atoms in total. The highest BCUT2D eigenvalue weighted by Gasteiger charge is 2.40. The van der Waals surface area contributed by atoms with Gasteiger partial charge in [0.1, 0.15) is 5.60 Å². The Morgan fingerprint density at radius 3 is 1.94 bits per heavy atom. The molecule has 32 heavy (non-hydrogen) atoms. The molecular formula is C29H34O3. The Bertz CT molecular complexity index is 1070. The number of hydrogen-bond donors (Lipinski definition) is 1. The van der Waals surface area contributed by atoms with E-state index in [2.05, 4.69) is 26.0 Å². The predicted octanol–water partition coefficient (Wildman–Crippen LogP) is 6.63. The van der Waals surface area contributed by atoms with Gasteiger partial charge in [-0.25, -0.2) is 0 Å². The molecule has 0 saturated heterocycles. The van der Waals surface area contributed by atoms with E-state index in [1.165, 1.54) is 6.42 Å². The SMILES string of the molecule is CC1(C)c2cc(C(=O)C3CCCCC3)ccc2-c2ccc(C(=O)C3(O)CCCCC3)cc21. The highest BCUT2D eigenvalue weighted by atomic mass is 16.3. The molecule has 168 valence electrons. The lowest BCUT2D eigenvalue weighted by molar-refractivity contribution is 0.0116. The number of carbonyl (C=O) groups excluding carboxylic acids is 2. The normalized spacial score (nSPS) is 21.6. The van der Waals surface area contributed by atoms with Crippen LogP contribution in [0, 0.1) is 5.92 Å². The second-order valence-corrected chi connectivity index (χ2v) is 10.8. The third-order valence-corrected chi connectivity index (χ3v) is 8.30. The second kappa shape index (κ2) is 7.95. The minimum absolute atomic E-state index is 0.139. The van der Waals surface area contributed by atoms with Crippen molar-refractivity contribution < 1.29 is 14.7 Å². The van der Waals surface area contributed by atoms with Gasteiger partial charge < -0.3 is 5.11 Å². The number of Topliss-reactive ketones (excluding diaryl/α,β-unsaturated/α-hetero) is 2. The Balaban J connectivity index is 1.48. The van der Waals surface area contributed by atoms with Crippen molar-refractivity contribution in [2.75, 3.05) is 0 Å². The van der Waals surface area contributed by atoms with Crippen LogP contribution >= 0.6 is 0 Å². The predicted molar refractivity (Wildman–Crippen MR) is 127 cm³/mol. The minimum atomic E-state index is -1.22. The first-order chi connectivity index (χ1) is 15.3. The van der Waals surface area contributed by atoms with Crippen LogP contribution < -0.4 is 0 Å². The third-order valence-electron chi connectivity index (χ3n) is 8.30. The molecule has 0 spiro atoms. The van der Waals surface area contributed by atoms with E-state index in [0.717, 1.165) is 72.8 Å². The van der Waals surface area contributed by atoms with E-state index in [9.17, 15) is 14.7 Å². The first-order valence-corrected chi connectivity index (χ1v) is 12.4. The maximum Gasteiger partial charge on any atom is 0.194 e. The molecule has 3 aliphatic rings. The van der Waals surface area contributed by atoms with Gasteiger partial charge in [-0.1, -0.05) is 76.6 Å². The van der Waals surface area contributed by atoms with Gasteiger partial charge in [-0.05, 0) is 60.1 Å². The van der Waals surface area contributed by atoms with E-state index in [0.29, 0.717) is 18.4 Å². The molecule has 2 fully saturated rings. The summed E-state index contributed by atoms with van der Waals surface area (Å²) in [5.74, 6) is 0.309. The van der Waals surface area contributed by atoms with Crippen molar-refractivity contribution in [2.45, 2.75) is 89.1 Å². The van der Waals surface area contributed by atoms with E-state index < -0.39 is 5.60 Å². The van der Waals surface area contributed by atoms with E-state index in [-0.39, 0.29) is 22.9 Å². The molecule has 0 aliphatic heterocycles. The molecule has 0 atom stereocenters. The molecule has 1 N–H and O–H groups in total. The standard InChI is InChI=1S/C29H34O3/c1-28(2)24-17-20(26(30)19-9-5-3-6-10-19)11-13-22(24)23-14-12-21(18-25(23)28)27(31)29(32)15-7-4-8-16-29/h11-14,17-19,32H,3-10,15-16H2,1-2H3. The molecule has 2 aromatic rings. The lowest BCUT2D eigenvalue weighted by Crippen LogP contribution is -2.40. The molecule has 0 radical (unpaired) electrons. The molecule has 3 aliphatic carbocycles. The van der Waals surface area contributed by atoms with Crippen LogP contribution in [-0.4, -0.2) is 22.3 Å². The monoisotopic (exact) mass is 430 g/mol. The quantitative estimate of drug-likeness (QED) is 0.554. The summed E-state index contributed by atoms with van der Waals surface area (Å²) in [6.45, 7) is 4.35. The van der Waals surface area contributed by atoms with Gasteiger partial charge >= 0.3 is 0 Å². The van der Waals surface area contributed by atoms with E-state index >= 15 is 0 Å². The summed E-state index contributed by atoms with van der Waals surface area (Å²) in [5.41, 5.74) is 4.47. The summed E-state index contributed by atoms with van der Waals surface area (Å²) >= 11 is 0. The summed E-state index contributed by atoms with van der Waals surface area (Å²) in [4.78, 5) is 26.4. The topological polar surface area (TPSA) is 54.4 Å². The van der Waals surface area contributed by atoms with E-state index in [1.54, 1.807) is 0 Å². The maximum atomic E-state index is 13.2. The maximum absolute atomic E-state index is 13.2. The average Bonchev–Trinajstić information content (AvgIpc) is 3.05. The second-order valence-electron chi connectivity index (χ2n) is 10.8. The van der Waals surface area contributed by atoms with Gasteiger partial charge in [0.15, 0.2) is 11.6 Å². The summed E-state index contributed by atoms with van der Waals surface area (Å²) < 4.78 is 0. The fraction of sp³-hybridized carbons (Fsp3) is 0.517. The Labute approximate surface area is 191 Å². The van der Waals surface area contributed by atoms with Gasteiger partial charge in [-0.3, -0.25) is 9.59 Å². The summed E-state index contributed by atoms with van der Waals surface area (Å²) in [6, 6.07) is 12.1. The first kappa shape index (κ1) is 21.6. The first-order valence-electron chi connectivity index (χ1n) is 12.4. The van der Waals surface area contributed by atoms with E-state index in [4.69, 9.17) is 0 Å². The van der Waals surface area contributed by atoms with Crippen LogP contribution in [0.15, 0.2) is 36.4 Å². The fourth-order valence-electron chi connectivity index (χ4n) is 6.26. The van der Waals surface area contributed by atoms with Crippen LogP contribution in [0.2, 0.25) is 0 Å². The zero-order valence-corrected chi connectivity index (χ0v) is 19.4. The third kappa shape index (κ3) is 3.46. The highest BCUT2D eigenvalue weighted by molar-refractivity contribution is 6.04. The Morgan fingerprint density at radius 2 is 1.31 bits per heavy atom.